The van der Waals surface area contributed by atoms with Gasteiger partial charge in [0.25, 0.3) is 0 Å². The number of nitrogens with zero attached hydrogens (tertiary/aromatic N) is 1. The summed E-state index contributed by atoms with van der Waals surface area (Å²) < 4.78 is 5.29. The van der Waals surface area contributed by atoms with Crippen molar-refractivity contribution in [2.75, 3.05) is 7.11 Å². The van der Waals surface area contributed by atoms with Crippen LogP contribution < -0.4 is 4.74 Å². The van der Waals surface area contributed by atoms with Crippen LogP contribution in [0.5, 0.6) is 5.75 Å². The molecule has 0 saturated heterocycles. The zero-order valence-electron chi connectivity index (χ0n) is 12.4. The summed E-state index contributed by atoms with van der Waals surface area (Å²) in [4.78, 5) is 16.8. The minimum Gasteiger partial charge on any atom is -0.496 e. The fraction of sp³-hybridized carbons (Fsp3) is 0.294. The molecule has 0 aliphatic heterocycles. The number of benzene rings is 1. The Balaban J connectivity index is 2.51. The maximum absolute atomic E-state index is 12.7. The topological polar surface area (TPSA) is 39.2 Å². The first-order valence-electron chi connectivity index (χ1n) is 6.71. The highest BCUT2D eigenvalue weighted by molar-refractivity contribution is 6.10. The van der Waals surface area contributed by atoms with Crippen LogP contribution in [0.3, 0.4) is 0 Å². The summed E-state index contributed by atoms with van der Waals surface area (Å²) >= 11 is 0. The van der Waals surface area contributed by atoms with Gasteiger partial charge in [-0.2, -0.15) is 0 Å². The van der Waals surface area contributed by atoms with E-state index in [0.717, 1.165) is 40.0 Å². The highest BCUT2D eigenvalue weighted by Gasteiger charge is 2.16. The van der Waals surface area contributed by atoms with Crippen molar-refractivity contribution >= 4 is 5.78 Å². The van der Waals surface area contributed by atoms with Gasteiger partial charge in [-0.25, -0.2) is 0 Å². The Hall–Kier alpha value is -2.16. The Bertz CT molecular complexity index is 647. The van der Waals surface area contributed by atoms with Crippen molar-refractivity contribution in [3.63, 3.8) is 0 Å². The molecular weight excluding hydrogens is 250 g/mol. The van der Waals surface area contributed by atoms with Gasteiger partial charge in [-0.15, -0.1) is 0 Å². The minimum absolute atomic E-state index is 0.0486. The quantitative estimate of drug-likeness (QED) is 0.797. The molecule has 104 valence electrons. The van der Waals surface area contributed by atoms with Crippen LogP contribution in [0.2, 0.25) is 0 Å². The van der Waals surface area contributed by atoms with Crippen LogP contribution in [0.4, 0.5) is 0 Å². The van der Waals surface area contributed by atoms with Crippen LogP contribution in [0.15, 0.2) is 30.6 Å². The first kappa shape index (κ1) is 14.3. The molecule has 3 nitrogen and oxygen atoms in total. The first-order valence-corrected chi connectivity index (χ1v) is 6.71. The lowest BCUT2D eigenvalue weighted by Crippen LogP contribution is -2.08. The van der Waals surface area contributed by atoms with Crippen molar-refractivity contribution in [1.82, 2.24) is 4.98 Å². The van der Waals surface area contributed by atoms with E-state index in [2.05, 4.69) is 4.98 Å². The fourth-order valence-corrected chi connectivity index (χ4v) is 2.33. The summed E-state index contributed by atoms with van der Waals surface area (Å²) in [5.74, 6) is 0.858. The molecule has 0 amide bonds. The van der Waals surface area contributed by atoms with Gasteiger partial charge in [0.15, 0.2) is 5.78 Å². The molecule has 2 rings (SSSR count). The number of aryl methyl sites for hydroxylation is 3. The molecule has 0 unspecified atom stereocenters. The highest BCUT2D eigenvalue weighted by atomic mass is 16.5. The van der Waals surface area contributed by atoms with E-state index in [1.54, 1.807) is 25.6 Å². The molecular formula is C17H19NO2. The van der Waals surface area contributed by atoms with Crippen molar-refractivity contribution in [1.29, 1.82) is 0 Å². The molecule has 0 aliphatic rings. The average molecular weight is 269 g/mol. The largest absolute Gasteiger partial charge is 0.496 e. The standard InChI is InChI=1S/C17H19NO2/c1-5-13-10-18-7-6-14(13)17(19)15-8-12(3)16(20-4)9-11(15)2/h6-10H,5H2,1-4H3. The molecule has 0 bridgehead atoms. The lowest BCUT2D eigenvalue weighted by atomic mass is 9.94. The number of aromatic nitrogens is 1. The Kier molecular flexibility index (Phi) is 4.18. The average Bonchev–Trinajstić information content (AvgIpc) is 2.48. The van der Waals surface area contributed by atoms with Gasteiger partial charge >= 0.3 is 0 Å². The van der Waals surface area contributed by atoms with Crippen molar-refractivity contribution in [2.45, 2.75) is 27.2 Å². The molecule has 1 aromatic heterocycles. The van der Waals surface area contributed by atoms with E-state index in [1.807, 2.05) is 32.9 Å². The Morgan fingerprint density at radius 1 is 1.20 bits per heavy atom. The Morgan fingerprint density at radius 3 is 2.60 bits per heavy atom. The lowest BCUT2D eigenvalue weighted by molar-refractivity contribution is 0.103. The third-order valence-electron chi connectivity index (χ3n) is 3.52. The number of ketones is 1. The molecule has 2 aromatic rings. The van der Waals surface area contributed by atoms with Crippen LogP contribution in [0, 0.1) is 13.8 Å². The van der Waals surface area contributed by atoms with E-state index in [4.69, 9.17) is 4.74 Å². The summed E-state index contributed by atoms with van der Waals surface area (Å²) in [5, 5.41) is 0. The zero-order chi connectivity index (χ0) is 14.7. The summed E-state index contributed by atoms with van der Waals surface area (Å²) in [6.07, 6.45) is 4.22. The van der Waals surface area contributed by atoms with Crippen molar-refractivity contribution in [2.24, 2.45) is 0 Å². The Labute approximate surface area is 119 Å². The van der Waals surface area contributed by atoms with Gasteiger partial charge in [0, 0.05) is 23.5 Å². The number of methoxy groups -OCH3 is 1. The SMILES string of the molecule is CCc1cnccc1C(=O)c1cc(C)c(OC)cc1C. The first-order chi connectivity index (χ1) is 9.58. The third-order valence-corrected chi connectivity index (χ3v) is 3.52. The molecule has 3 heteroatoms. The number of hydrogen-bond acceptors (Lipinski definition) is 3. The monoisotopic (exact) mass is 269 g/mol. The maximum Gasteiger partial charge on any atom is 0.193 e. The van der Waals surface area contributed by atoms with Gasteiger partial charge < -0.3 is 4.74 Å². The molecule has 0 spiro atoms. The van der Waals surface area contributed by atoms with Crippen molar-refractivity contribution < 1.29 is 9.53 Å². The van der Waals surface area contributed by atoms with E-state index in [0.29, 0.717) is 0 Å². The van der Waals surface area contributed by atoms with E-state index < -0.39 is 0 Å². The van der Waals surface area contributed by atoms with Crippen LogP contribution in [0.25, 0.3) is 0 Å². The second-order valence-corrected chi connectivity index (χ2v) is 4.85. The second-order valence-electron chi connectivity index (χ2n) is 4.85. The molecule has 1 heterocycles. The molecule has 0 N–H and O–H groups in total. The number of rotatable bonds is 4. The van der Waals surface area contributed by atoms with Crippen LogP contribution >= 0.6 is 0 Å². The fourth-order valence-electron chi connectivity index (χ4n) is 2.33. The van der Waals surface area contributed by atoms with Crippen LogP contribution in [0.1, 0.15) is 39.5 Å². The highest BCUT2D eigenvalue weighted by Crippen LogP contribution is 2.25. The number of carbonyl (C=O) groups excluding carboxylic acids is 1. The zero-order valence-corrected chi connectivity index (χ0v) is 12.4. The summed E-state index contributed by atoms with van der Waals surface area (Å²) in [6, 6.07) is 5.60. The van der Waals surface area contributed by atoms with Crippen molar-refractivity contribution in [3.05, 3.63) is 58.4 Å². The molecule has 20 heavy (non-hydrogen) atoms. The van der Waals surface area contributed by atoms with E-state index in [-0.39, 0.29) is 5.78 Å². The predicted octanol–water partition coefficient (Wildman–Crippen LogP) is 3.50. The summed E-state index contributed by atoms with van der Waals surface area (Å²) in [7, 11) is 1.64. The minimum atomic E-state index is 0.0486. The number of pyridine rings is 1. The predicted molar refractivity (Wildman–Crippen MR) is 79.5 cm³/mol. The van der Waals surface area contributed by atoms with Gasteiger partial charge in [-0.1, -0.05) is 6.92 Å². The summed E-state index contributed by atoms with van der Waals surface area (Å²) in [6.45, 7) is 5.91. The number of ether oxygens (including phenoxy) is 1. The van der Waals surface area contributed by atoms with Crippen molar-refractivity contribution in [3.8, 4) is 5.75 Å². The third kappa shape index (κ3) is 2.57. The summed E-state index contributed by atoms with van der Waals surface area (Å²) in [5.41, 5.74) is 4.33. The smallest absolute Gasteiger partial charge is 0.193 e. The lowest BCUT2D eigenvalue weighted by Gasteiger charge is -2.12. The Morgan fingerprint density at radius 2 is 1.95 bits per heavy atom. The molecule has 0 fully saturated rings. The molecule has 0 aliphatic carbocycles. The normalized spacial score (nSPS) is 10.4. The second kappa shape index (κ2) is 5.87. The molecule has 1 aromatic carbocycles. The van der Waals surface area contributed by atoms with Crippen LogP contribution in [-0.4, -0.2) is 17.9 Å². The number of hydrogen-bond donors (Lipinski definition) is 0. The number of carbonyl (C=O) groups is 1. The van der Waals surface area contributed by atoms with Gasteiger partial charge in [-0.05, 0) is 55.2 Å². The maximum atomic E-state index is 12.7. The molecule has 0 radical (unpaired) electrons. The van der Waals surface area contributed by atoms with Gasteiger partial charge in [0.2, 0.25) is 0 Å². The molecule has 0 saturated carbocycles. The van der Waals surface area contributed by atoms with Crippen LogP contribution in [-0.2, 0) is 6.42 Å². The van der Waals surface area contributed by atoms with Gasteiger partial charge in [0.05, 0.1) is 7.11 Å². The van der Waals surface area contributed by atoms with E-state index in [9.17, 15) is 4.79 Å². The van der Waals surface area contributed by atoms with E-state index in [1.165, 1.54) is 0 Å². The van der Waals surface area contributed by atoms with Gasteiger partial charge in [-0.3, -0.25) is 9.78 Å². The van der Waals surface area contributed by atoms with Gasteiger partial charge in [0.1, 0.15) is 5.75 Å². The van der Waals surface area contributed by atoms with E-state index >= 15 is 0 Å². The molecule has 0 atom stereocenters.